The van der Waals surface area contributed by atoms with Gasteiger partial charge in [0.2, 0.25) is 5.78 Å². The molecule has 0 aromatic heterocycles. The van der Waals surface area contributed by atoms with Gasteiger partial charge in [-0.2, -0.15) is 0 Å². The van der Waals surface area contributed by atoms with Crippen molar-refractivity contribution in [2.45, 2.75) is 103 Å². The minimum Gasteiger partial charge on any atom is -0.458 e. The summed E-state index contributed by atoms with van der Waals surface area (Å²) in [7, 11) is 0. The normalized spacial score (nSPS) is 48.7. The standard InChI is InChI=1S/C26H38O6/c1-15(27)30-14-21(29)26-22(31-23(2,3)32-26)13-20-18-7-6-16-12-17(28)8-10-24(16,4)19(18)9-11-25(20,26)5/h6,17-20,22,28H,7-14H2,1-5H3/t17-,18+,19-,20-,22+,24-,25-,26-/m0/s1. The van der Waals surface area contributed by atoms with Gasteiger partial charge >= 0.3 is 5.97 Å². The van der Waals surface area contributed by atoms with Crippen molar-refractivity contribution in [3.8, 4) is 0 Å². The quantitative estimate of drug-likeness (QED) is 0.522. The average Bonchev–Trinajstić information content (AvgIpc) is 3.12. The van der Waals surface area contributed by atoms with Crippen LogP contribution in [0.4, 0.5) is 0 Å². The minimum absolute atomic E-state index is 0.136. The summed E-state index contributed by atoms with van der Waals surface area (Å²) in [5.41, 5.74) is 0.139. The topological polar surface area (TPSA) is 82.1 Å². The van der Waals surface area contributed by atoms with Crippen molar-refractivity contribution < 1.29 is 28.9 Å². The summed E-state index contributed by atoms with van der Waals surface area (Å²) >= 11 is 0. The number of rotatable bonds is 3. The zero-order valence-electron chi connectivity index (χ0n) is 20.1. The second-order valence-electron chi connectivity index (χ2n) is 11.9. The van der Waals surface area contributed by atoms with Crippen molar-refractivity contribution in [3.05, 3.63) is 11.6 Å². The molecule has 4 aliphatic carbocycles. The number of ketones is 1. The van der Waals surface area contributed by atoms with E-state index in [2.05, 4.69) is 19.9 Å². The molecule has 5 rings (SSSR count). The fourth-order valence-electron chi connectivity index (χ4n) is 8.52. The monoisotopic (exact) mass is 446 g/mol. The Morgan fingerprint density at radius 2 is 1.91 bits per heavy atom. The van der Waals surface area contributed by atoms with Crippen LogP contribution >= 0.6 is 0 Å². The molecule has 0 aromatic rings. The molecule has 32 heavy (non-hydrogen) atoms. The Bertz CT molecular complexity index is 862. The van der Waals surface area contributed by atoms with Crippen LogP contribution in [0.15, 0.2) is 11.6 Å². The number of fused-ring (bicyclic) bond motifs is 7. The number of ether oxygens (including phenoxy) is 3. The van der Waals surface area contributed by atoms with Gasteiger partial charge in [0, 0.05) is 12.3 Å². The highest BCUT2D eigenvalue weighted by atomic mass is 16.8. The van der Waals surface area contributed by atoms with Crippen LogP contribution in [0.5, 0.6) is 0 Å². The Balaban J connectivity index is 1.51. The molecule has 1 saturated heterocycles. The maximum absolute atomic E-state index is 13.7. The van der Waals surface area contributed by atoms with Crippen molar-refractivity contribution in [2.75, 3.05) is 6.61 Å². The lowest BCUT2D eigenvalue weighted by Gasteiger charge is -2.59. The number of aliphatic hydroxyl groups is 1. The zero-order chi connectivity index (χ0) is 23.1. The smallest absolute Gasteiger partial charge is 0.303 e. The first-order valence-corrected chi connectivity index (χ1v) is 12.4. The predicted octanol–water partition coefficient (Wildman–Crippen LogP) is 3.94. The Labute approximate surface area is 191 Å². The summed E-state index contributed by atoms with van der Waals surface area (Å²) in [5, 5.41) is 10.2. The molecule has 6 nitrogen and oxygen atoms in total. The van der Waals surface area contributed by atoms with Gasteiger partial charge in [0.15, 0.2) is 18.0 Å². The summed E-state index contributed by atoms with van der Waals surface area (Å²) in [4.78, 5) is 25.1. The van der Waals surface area contributed by atoms with E-state index in [-0.39, 0.29) is 35.4 Å². The summed E-state index contributed by atoms with van der Waals surface area (Å²) in [5.74, 6) is -0.120. The van der Waals surface area contributed by atoms with E-state index in [4.69, 9.17) is 14.2 Å². The molecule has 1 N–H and O–H groups in total. The van der Waals surface area contributed by atoms with Crippen molar-refractivity contribution in [3.63, 3.8) is 0 Å². The fourth-order valence-corrected chi connectivity index (χ4v) is 8.52. The molecule has 8 atom stereocenters. The molecule has 0 bridgehead atoms. The number of carbonyl (C=O) groups excluding carboxylic acids is 2. The molecule has 6 heteroatoms. The van der Waals surface area contributed by atoms with Crippen LogP contribution in [0, 0.1) is 28.6 Å². The van der Waals surface area contributed by atoms with E-state index in [9.17, 15) is 14.7 Å². The Morgan fingerprint density at radius 3 is 2.62 bits per heavy atom. The number of esters is 1. The highest BCUT2D eigenvalue weighted by Gasteiger charge is 2.75. The number of hydrogen-bond acceptors (Lipinski definition) is 6. The van der Waals surface area contributed by atoms with E-state index in [1.807, 2.05) is 13.8 Å². The van der Waals surface area contributed by atoms with Crippen molar-refractivity contribution in [2.24, 2.45) is 28.6 Å². The van der Waals surface area contributed by atoms with Crippen molar-refractivity contribution in [1.29, 1.82) is 0 Å². The minimum atomic E-state index is -1.07. The van der Waals surface area contributed by atoms with E-state index < -0.39 is 17.4 Å². The molecular weight excluding hydrogens is 408 g/mol. The fraction of sp³-hybridized carbons (Fsp3) is 0.846. The molecule has 0 radical (unpaired) electrons. The number of allylic oxidation sites excluding steroid dienone is 1. The lowest BCUT2D eigenvalue weighted by atomic mass is 9.46. The molecule has 0 aromatic carbocycles. The molecule has 5 aliphatic rings. The van der Waals surface area contributed by atoms with Gasteiger partial charge in [-0.3, -0.25) is 9.59 Å². The first kappa shape index (κ1) is 22.5. The second kappa shape index (κ2) is 7.13. The van der Waals surface area contributed by atoms with Crippen molar-refractivity contribution >= 4 is 11.8 Å². The summed E-state index contributed by atoms with van der Waals surface area (Å²) in [6.07, 6.45) is 8.29. The maximum Gasteiger partial charge on any atom is 0.303 e. The van der Waals surface area contributed by atoms with E-state index in [1.54, 1.807) is 0 Å². The van der Waals surface area contributed by atoms with Gasteiger partial charge < -0.3 is 19.3 Å². The first-order valence-electron chi connectivity index (χ1n) is 12.4. The third kappa shape index (κ3) is 2.94. The van der Waals surface area contributed by atoms with Crippen LogP contribution in [0.2, 0.25) is 0 Å². The highest BCUT2D eigenvalue weighted by molar-refractivity contribution is 5.92. The summed E-state index contributed by atoms with van der Waals surface area (Å²) < 4.78 is 18.1. The lowest BCUT2D eigenvalue weighted by Crippen LogP contribution is -2.61. The van der Waals surface area contributed by atoms with Crippen LogP contribution in [0.1, 0.15) is 79.6 Å². The number of carbonyl (C=O) groups is 2. The van der Waals surface area contributed by atoms with E-state index >= 15 is 0 Å². The number of Topliss-reactive ketones (excluding diaryl/α,β-unsaturated/α-hetero) is 1. The largest absolute Gasteiger partial charge is 0.458 e. The maximum atomic E-state index is 13.7. The Kier molecular flexibility index (Phi) is 5.02. The van der Waals surface area contributed by atoms with Gasteiger partial charge in [-0.1, -0.05) is 25.5 Å². The average molecular weight is 447 g/mol. The third-order valence-corrected chi connectivity index (χ3v) is 9.89. The molecule has 0 unspecified atom stereocenters. The van der Waals surface area contributed by atoms with Gasteiger partial charge in [-0.15, -0.1) is 0 Å². The zero-order valence-corrected chi connectivity index (χ0v) is 20.1. The van der Waals surface area contributed by atoms with Gasteiger partial charge in [-0.05, 0) is 82.0 Å². The predicted molar refractivity (Wildman–Crippen MR) is 118 cm³/mol. The molecule has 178 valence electrons. The van der Waals surface area contributed by atoms with Crippen LogP contribution in [-0.4, -0.2) is 47.1 Å². The third-order valence-electron chi connectivity index (χ3n) is 9.89. The molecule has 0 amide bonds. The lowest BCUT2D eigenvalue weighted by molar-refractivity contribution is -0.215. The Hall–Kier alpha value is -1.24. The van der Waals surface area contributed by atoms with Crippen LogP contribution in [-0.2, 0) is 23.8 Å². The summed E-state index contributed by atoms with van der Waals surface area (Å²) in [6.45, 7) is 9.44. The van der Waals surface area contributed by atoms with Gasteiger partial charge in [-0.25, -0.2) is 0 Å². The van der Waals surface area contributed by atoms with E-state index in [0.717, 1.165) is 44.9 Å². The molecule has 1 aliphatic heterocycles. The van der Waals surface area contributed by atoms with Crippen LogP contribution in [0.25, 0.3) is 0 Å². The summed E-state index contributed by atoms with van der Waals surface area (Å²) in [6, 6.07) is 0. The van der Waals surface area contributed by atoms with Gasteiger partial charge in [0.1, 0.15) is 0 Å². The molecular formula is C26H38O6. The van der Waals surface area contributed by atoms with Gasteiger partial charge in [0.05, 0.1) is 12.2 Å². The van der Waals surface area contributed by atoms with Crippen molar-refractivity contribution in [1.82, 2.24) is 0 Å². The SMILES string of the molecule is CC(=O)OCC(=O)[C@]12OC(C)(C)O[C@@H]1C[C@H]1[C@@H]3CC=C4C[C@@H](O)CC[C@]4(C)[C@H]3CC[C@@]12C. The van der Waals surface area contributed by atoms with E-state index in [1.165, 1.54) is 12.5 Å². The number of hydrogen-bond donors (Lipinski definition) is 1. The number of aliphatic hydroxyl groups excluding tert-OH is 1. The van der Waals surface area contributed by atoms with Crippen LogP contribution < -0.4 is 0 Å². The Morgan fingerprint density at radius 1 is 1.16 bits per heavy atom. The highest BCUT2D eigenvalue weighted by Crippen LogP contribution is 2.70. The second-order valence-corrected chi connectivity index (χ2v) is 11.9. The molecule has 0 spiro atoms. The molecule has 3 saturated carbocycles. The molecule has 1 heterocycles. The van der Waals surface area contributed by atoms with Gasteiger partial charge in [0.25, 0.3) is 0 Å². The first-order chi connectivity index (χ1) is 14.9. The van der Waals surface area contributed by atoms with E-state index in [0.29, 0.717) is 17.8 Å². The van der Waals surface area contributed by atoms with Crippen LogP contribution in [0.3, 0.4) is 0 Å². The molecule has 4 fully saturated rings.